The molecule has 2 saturated heterocycles. The molecule has 4 atom stereocenters. The summed E-state index contributed by atoms with van der Waals surface area (Å²) in [6, 6.07) is 2.73. The molecule has 4 heterocycles. The molecular weight excluding hydrogens is 579 g/mol. The van der Waals surface area contributed by atoms with E-state index in [1.54, 1.807) is 12.3 Å². The number of hydrogen-bond acceptors (Lipinski definition) is 9. The van der Waals surface area contributed by atoms with E-state index < -0.39 is 12.2 Å². The van der Waals surface area contributed by atoms with Gasteiger partial charge in [-0.2, -0.15) is 5.10 Å². The van der Waals surface area contributed by atoms with Crippen molar-refractivity contribution in [1.82, 2.24) is 14.8 Å². The second-order valence-corrected chi connectivity index (χ2v) is 11.9. The predicted octanol–water partition coefficient (Wildman–Crippen LogP) is 4.29. The zero-order valence-electron chi connectivity index (χ0n) is 23.1. The van der Waals surface area contributed by atoms with Gasteiger partial charge in [-0.3, -0.25) is 4.79 Å². The van der Waals surface area contributed by atoms with Crippen molar-refractivity contribution >= 4 is 23.0 Å². The normalized spacial score (nSPS) is 29.4. The molecule has 1 unspecified atom stereocenters. The van der Waals surface area contributed by atoms with E-state index in [-0.39, 0.29) is 28.8 Å². The van der Waals surface area contributed by atoms with Crippen LogP contribution in [0, 0.1) is 17.8 Å². The fourth-order valence-electron chi connectivity index (χ4n) is 6.48. The van der Waals surface area contributed by atoms with E-state index in [9.17, 15) is 18.0 Å². The van der Waals surface area contributed by atoms with Gasteiger partial charge >= 0.3 is 6.36 Å². The number of rotatable bonds is 9. The average molecular weight is 614 g/mol. The van der Waals surface area contributed by atoms with Gasteiger partial charge in [0, 0.05) is 37.7 Å². The minimum Gasteiger partial charge on any atom is -0.388 e. The van der Waals surface area contributed by atoms with Gasteiger partial charge in [0.25, 0.3) is 5.56 Å². The van der Waals surface area contributed by atoms with Crippen LogP contribution in [0.4, 0.5) is 24.5 Å². The molecule has 2 aromatic heterocycles. The molecule has 2 aliphatic heterocycles. The second kappa shape index (κ2) is 12.6. The van der Waals surface area contributed by atoms with Crippen LogP contribution in [0.1, 0.15) is 38.1 Å². The molecule has 0 aromatic carbocycles. The Morgan fingerprint density at radius 1 is 1.10 bits per heavy atom. The van der Waals surface area contributed by atoms with Crippen molar-refractivity contribution in [2.45, 2.75) is 56.7 Å². The number of nitrogens with one attached hydrogen (secondary N) is 1. The first-order valence-electron chi connectivity index (χ1n) is 14.5. The molecule has 14 heteroatoms. The van der Waals surface area contributed by atoms with Gasteiger partial charge in [-0.25, -0.2) is 9.67 Å². The lowest BCUT2D eigenvalue weighted by Crippen LogP contribution is -2.46. The van der Waals surface area contributed by atoms with Gasteiger partial charge in [-0.15, -0.1) is 13.2 Å². The third-order valence-electron chi connectivity index (χ3n) is 8.76. The molecular formula is C28H35ClF3N5O5. The highest BCUT2D eigenvalue weighted by atomic mass is 35.5. The van der Waals surface area contributed by atoms with Crippen LogP contribution in [0.25, 0.3) is 0 Å². The molecule has 4 aliphatic rings. The van der Waals surface area contributed by atoms with Crippen LogP contribution in [0.5, 0.6) is 5.88 Å². The summed E-state index contributed by atoms with van der Waals surface area (Å²) in [5.74, 6) is 1.25. The van der Waals surface area contributed by atoms with E-state index >= 15 is 0 Å². The van der Waals surface area contributed by atoms with Crippen molar-refractivity contribution in [2.75, 3.05) is 56.3 Å². The molecule has 2 aromatic rings. The number of pyridine rings is 1. The lowest BCUT2D eigenvalue weighted by atomic mass is 9.89. The molecule has 0 amide bonds. The Balaban J connectivity index is 1.10. The van der Waals surface area contributed by atoms with Crippen LogP contribution in [-0.4, -0.2) is 79.4 Å². The van der Waals surface area contributed by atoms with E-state index in [4.69, 9.17) is 25.8 Å². The summed E-state index contributed by atoms with van der Waals surface area (Å²) in [6.45, 7) is 4.20. The van der Waals surface area contributed by atoms with Crippen molar-refractivity contribution < 1.29 is 32.1 Å². The Morgan fingerprint density at radius 3 is 2.64 bits per heavy atom. The molecule has 1 N–H and O–H groups in total. The van der Waals surface area contributed by atoms with Gasteiger partial charge in [0.1, 0.15) is 5.02 Å². The Morgan fingerprint density at radius 2 is 1.93 bits per heavy atom. The SMILES string of the molecule is O=c1c(Cl)c(NC[C@@H]2COC[C@@H]3C[C@H]23)cnn1C1CCC(N(CC2COCCO2)c2ccc(OC(F)(F)F)nc2)CC1. The smallest absolute Gasteiger partial charge is 0.388 e. The van der Waals surface area contributed by atoms with E-state index in [1.807, 2.05) is 0 Å². The molecule has 230 valence electrons. The van der Waals surface area contributed by atoms with Crippen LogP contribution in [0.15, 0.2) is 29.3 Å². The predicted molar refractivity (Wildman–Crippen MR) is 148 cm³/mol. The maximum atomic E-state index is 13.2. The maximum absolute atomic E-state index is 13.2. The van der Waals surface area contributed by atoms with Crippen LogP contribution < -0.4 is 20.5 Å². The number of alkyl halides is 3. The van der Waals surface area contributed by atoms with E-state index in [0.29, 0.717) is 74.9 Å². The number of aromatic nitrogens is 3. The first-order chi connectivity index (χ1) is 20.2. The summed E-state index contributed by atoms with van der Waals surface area (Å²) in [5, 5.41) is 7.93. The largest absolute Gasteiger partial charge is 0.574 e. The quantitative estimate of drug-likeness (QED) is 0.444. The first-order valence-corrected chi connectivity index (χ1v) is 14.9. The topological polar surface area (TPSA) is 100.0 Å². The third-order valence-corrected chi connectivity index (χ3v) is 9.12. The fraction of sp³-hybridized carbons (Fsp3) is 0.679. The van der Waals surface area contributed by atoms with E-state index in [1.165, 1.54) is 23.4 Å². The third kappa shape index (κ3) is 6.95. The monoisotopic (exact) mass is 613 g/mol. The van der Waals surface area contributed by atoms with Crippen molar-refractivity contribution in [3.05, 3.63) is 39.9 Å². The lowest BCUT2D eigenvalue weighted by Gasteiger charge is -2.40. The van der Waals surface area contributed by atoms with Gasteiger partial charge in [0.2, 0.25) is 5.88 Å². The van der Waals surface area contributed by atoms with Crippen LogP contribution in [-0.2, 0) is 14.2 Å². The minimum absolute atomic E-state index is 0.0547. The molecule has 2 saturated carbocycles. The second-order valence-electron chi connectivity index (χ2n) is 11.5. The lowest BCUT2D eigenvalue weighted by molar-refractivity contribution is -0.276. The van der Waals surface area contributed by atoms with Crippen molar-refractivity contribution in [3.8, 4) is 5.88 Å². The maximum Gasteiger partial charge on any atom is 0.574 e. The zero-order valence-corrected chi connectivity index (χ0v) is 23.9. The van der Waals surface area contributed by atoms with Gasteiger partial charge in [-0.05, 0) is 50.0 Å². The Kier molecular flexibility index (Phi) is 8.80. The van der Waals surface area contributed by atoms with Gasteiger partial charge in [-0.1, -0.05) is 11.6 Å². The minimum atomic E-state index is -4.81. The summed E-state index contributed by atoms with van der Waals surface area (Å²) >= 11 is 6.51. The number of nitrogens with zero attached hydrogens (tertiary/aromatic N) is 4. The van der Waals surface area contributed by atoms with Gasteiger partial charge in [0.05, 0.1) is 62.3 Å². The van der Waals surface area contributed by atoms with E-state index in [0.717, 1.165) is 26.1 Å². The Bertz CT molecular complexity index is 1270. The van der Waals surface area contributed by atoms with Crippen LogP contribution >= 0.6 is 11.6 Å². The fourth-order valence-corrected chi connectivity index (χ4v) is 6.68. The standard InChI is InChI=1S/C28H35ClF3N5O5/c29-26-24(33-10-18-15-40-14-17-9-23(17)18)12-35-37(27(26)38)20-3-1-19(2-4-20)36(13-22-16-39-7-8-41-22)21-5-6-25(34-11-21)42-28(30,31)32/h5-6,11-12,17-20,22-23,33H,1-4,7-10,13-16H2/t17-,18+,19?,20?,22?,23-/m0/s1. The average Bonchev–Trinajstić information content (AvgIpc) is 3.78. The summed E-state index contributed by atoms with van der Waals surface area (Å²) in [6.07, 6.45) is 2.06. The summed E-state index contributed by atoms with van der Waals surface area (Å²) in [4.78, 5) is 19.2. The van der Waals surface area contributed by atoms with Crippen LogP contribution in [0.3, 0.4) is 0 Å². The number of ether oxygens (including phenoxy) is 4. The molecule has 0 bridgehead atoms. The Labute approximate surface area is 246 Å². The highest BCUT2D eigenvalue weighted by Crippen LogP contribution is 2.47. The summed E-state index contributed by atoms with van der Waals surface area (Å²) < 4.78 is 60.4. The van der Waals surface area contributed by atoms with Crippen molar-refractivity contribution in [3.63, 3.8) is 0 Å². The zero-order chi connectivity index (χ0) is 29.3. The first kappa shape index (κ1) is 29.5. The number of anilines is 2. The molecule has 10 nitrogen and oxygen atoms in total. The van der Waals surface area contributed by atoms with Gasteiger partial charge < -0.3 is 29.2 Å². The van der Waals surface area contributed by atoms with Crippen LogP contribution in [0.2, 0.25) is 5.02 Å². The summed E-state index contributed by atoms with van der Waals surface area (Å²) in [5.41, 5.74) is 0.890. The van der Waals surface area contributed by atoms with E-state index in [2.05, 4.69) is 25.0 Å². The molecule has 6 rings (SSSR count). The molecule has 42 heavy (non-hydrogen) atoms. The highest BCUT2D eigenvalue weighted by Gasteiger charge is 2.45. The number of halogens is 4. The molecule has 2 aliphatic carbocycles. The van der Waals surface area contributed by atoms with Gasteiger partial charge in [0.15, 0.2) is 0 Å². The Hall–Kier alpha value is -2.61. The van der Waals surface area contributed by atoms with Crippen molar-refractivity contribution in [1.29, 1.82) is 0 Å². The van der Waals surface area contributed by atoms with Crippen molar-refractivity contribution in [2.24, 2.45) is 17.8 Å². The number of fused-ring (bicyclic) bond motifs is 1. The molecule has 4 fully saturated rings. The highest BCUT2D eigenvalue weighted by molar-refractivity contribution is 6.32. The number of hydrogen-bond donors (Lipinski definition) is 1. The summed E-state index contributed by atoms with van der Waals surface area (Å²) in [7, 11) is 0. The molecule has 0 spiro atoms. The molecule has 0 radical (unpaired) electrons.